The number of likely N-dealkylation sites (tertiary alicyclic amines) is 1. The van der Waals surface area contributed by atoms with E-state index in [9.17, 15) is 24.3 Å². The number of anilines is 1. The maximum Gasteiger partial charge on any atom is 0.410 e. The summed E-state index contributed by atoms with van der Waals surface area (Å²) >= 11 is 3.29. The zero-order chi connectivity index (χ0) is 34.8. The van der Waals surface area contributed by atoms with Gasteiger partial charge in [0.05, 0.1) is 28.9 Å². The highest BCUT2D eigenvalue weighted by molar-refractivity contribution is 9.10. The molecule has 3 aliphatic rings. The minimum atomic E-state index is -1.25. The van der Waals surface area contributed by atoms with Crippen LogP contribution in [0.3, 0.4) is 0 Å². The van der Waals surface area contributed by atoms with E-state index in [4.69, 9.17) is 9.47 Å². The van der Waals surface area contributed by atoms with Gasteiger partial charge in [-0.15, -0.1) is 0 Å². The SMILES string of the molecule is CCOC(=O)CC1CCC(N=C=C=NC(=O)[C@@H](Cc2ccc(O)c(Br)c2)OC(=O)N2CCC(N3CCc4ccccc4NC3=O)CC2)CC1. The Kier molecular flexibility index (Phi) is 12.6. The number of aromatic hydroxyl groups is 1. The van der Waals surface area contributed by atoms with Crippen LogP contribution >= 0.6 is 15.9 Å². The first kappa shape index (κ1) is 35.9. The molecule has 2 heterocycles. The summed E-state index contributed by atoms with van der Waals surface area (Å²) in [5, 5.41) is 12.9. The number of urea groups is 1. The van der Waals surface area contributed by atoms with Crippen LogP contribution in [-0.2, 0) is 31.9 Å². The first-order chi connectivity index (χ1) is 23.7. The van der Waals surface area contributed by atoms with Crippen molar-refractivity contribution >= 4 is 57.4 Å². The Labute approximate surface area is 294 Å². The van der Waals surface area contributed by atoms with E-state index in [1.807, 2.05) is 29.2 Å². The maximum absolute atomic E-state index is 13.3. The number of phenols is 1. The van der Waals surface area contributed by atoms with Gasteiger partial charge in [-0.25, -0.2) is 14.6 Å². The number of hydrogen-bond donors (Lipinski definition) is 2. The van der Waals surface area contributed by atoms with Crippen LogP contribution in [0.15, 0.2) is 56.9 Å². The highest BCUT2D eigenvalue weighted by Crippen LogP contribution is 2.29. The Bertz CT molecular complexity index is 1620. The summed E-state index contributed by atoms with van der Waals surface area (Å²) in [5.41, 5.74) is 2.57. The Hall–Kier alpha value is -4.44. The molecule has 0 spiro atoms. The van der Waals surface area contributed by atoms with E-state index in [1.165, 1.54) is 6.07 Å². The molecule has 1 saturated heterocycles. The van der Waals surface area contributed by atoms with Crippen LogP contribution in [0.25, 0.3) is 0 Å². The standard InChI is InChI=1S/C36H42BrN5O7/c1-2-48-33(44)23-24-7-10-27(11-8-24)38-16-17-39-34(45)32(22-25-9-12-31(43)29(37)21-25)49-36(47)41-18-14-28(15-19-41)42-20-13-26-5-3-4-6-30(26)40-35(42)46/h3-6,9,12,21,24,27-28,32,43H,2,7-8,10-11,13-15,18-20,22-23H2,1H3,(H,40,46)/t24?,27?,32-/m1/s1. The lowest BCUT2D eigenvalue weighted by atomic mass is 9.84. The number of esters is 1. The number of carbonyl (C=O) groups excluding carboxylic acids is 4. The van der Waals surface area contributed by atoms with Crippen LogP contribution in [0.2, 0.25) is 0 Å². The molecule has 4 amide bonds. The minimum absolute atomic E-state index is 0.00199. The monoisotopic (exact) mass is 735 g/mol. The van der Waals surface area contributed by atoms with E-state index in [1.54, 1.807) is 24.0 Å². The highest BCUT2D eigenvalue weighted by Gasteiger charge is 2.33. The molecule has 0 bridgehead atoms. The van der Waals surface area contributed by atoms with Gasteiger partial charge in [0.2, 0.25) is 0 Å². The van der Waals surface area contributed by atoms with Gasteiger partial charge in [-0.1, -0.05) is 24.3 Å². The van der Waals surface area contributed by atoms with Crippen molar-refractivity contribution in [1.29, 1.82) is 0 Å². The van der Waals surface area contributed by atoms with Gasteiger partial charge in [-0.05, 0) is 103 Å². The molecule has 2 aromatic carbocycles. The number of nitrogens with one attached hydrogen (secondary N) is 1. The van der Waals surface area contributed by atoms with E-state index in [-0.39, 0.29) is 42.2 Å². The van der Waals surface area contributed by atoms with Gasteiger partial charge in [0.15, 0.2) is 6.10 Å². The van der Waals surface area contributed by atoms with Gasteiger partial charge in [-0.3, -0.25) is 9.59 Å². The van der Waals surface area contributed by atoms with Gasteiger partial charge in [-0.2, -0.15) is 4.99 Å². The molecule has 2 aromatic rings. The summed E-state index contributed by atoms with van der Waals surface area (Å²) < 4.78 is 11.2. The van der Waals surface area contributed by atoms with Gasteiger partial charge in [0, 0.05) is 44.2 Å². The second-order valence-corrected chi connectivity index (χ2v) is 13.5. The number of nitrogens with zero attached hydrogens (tertiary/aromatic N) is 4. The molecule has 2 aliphatic heterocycles. The van der Waals surface area contributed by atoms with Crippen LogP contribution < -0.4 is 5.32 Å². The number of carbonyl (C=O) groups is 4. The number of halogens is 1. The van der Waals surface area contributed by atoms with Gasteiger partial charge in [0.25, 0.3) is 5.91 Å². The van der Waals surface area contributed by atoms with Gasteiger partial charge in [0.1, 0.15) is 5.75 Å². The predicted molar refractivity (Wildman–Crippen MR) is 187 cm³/mol. The topological polar surface area (TPSA) is 150 Å². The number of aliphatic imine (C=N–C) groups is 2. The first-order valence-electron chi connectivity index (χ1n) is 16.9. The minimum Gasteiger partial charge on any atom is -0.507 e. The summed E-state index contributed by atoms with van der Waals surface area (Å²) in [6, 6.07) is 12.4. The number of amides is 4. The van der Waals surface area contributed by atoms with E-state index in [0.29, 0.717) is 55.5 Å². The number of piperidine rings is 1. The van der Waals surface area contributed by atoms with Crippen LogP contribution in [0.4, 0.5) is 15.3 Å². The average Bonchev–Trinajstić information content (AvgIpc) is 3.26. The summed E-state index contributed by atoms with van der Waals surface area (Å²) in [6.45, 7) is 3.49. The fraction of sp³-hybridized carbons (Fsp3) is 0.500. The molecule has 1 atom stereocenters. The molecule has 0 aromatic heterocycles. The maximum atomic E-state index is 13.3. The largest absolute Gasteiger partial charge is 0.507 e. The van der Waals surface area contributed by atoms with Gasteiger partial charge >= 0.3 is 18.1 Å². The lowest BCUT2D eigenvalue weighted by Gasteiger charge is -2.37. The zero-order valence-electron chi connectivity index (χ0n) is 27.6. The zero-order valence-corrected chi connectivity index (χ0v) is 29.2. The fourth-order valence-electron chi connectivity index (χ4n) is 6.57. The molecular formula is C36H42BrN5O7. The third-order valence-corrected chi connectivity index (χ3v) is 9.93. The number of ether oxygens (including phenoxy) is 2. The summed E-state index contributed by atoms with van der Waals surface area (Å²) in [7, 11) is 0. The quantitative estimate of drug-likeness (QED) is 0.248. The molecule has 0 unspecified atom stereocenters. The van der Waals surface area contributed by atoms with Crippen molar-refractivity contribution in [3.63, 3.8) is 0 Å². The normalized spacial score (nSPS) is 20.0. The molecule has 5 rings (SSSR count). The van der Waals surface area contributed by atoms with E-state index < -0.39 is 18.1 Å². The van der Waals surface area contributed by atoms with Crippen molar-refractivity contribution in [3.8, 4) is 5.75 Å². The van der Waals surface area contributed by atoms with E-state index in [2.05, 4.69) is 43.0 Å². The van der Waals surface area contributed by atoms with Crippen molar-refractivity contribution in [3.05, 3.63) is 58.1 Å². The van der Waals surface area contributed by atoms with E-state index >= 15 is 0 Å². The second-order valence-electron chi connectivity index (χ2n) is 12.6. The van der Waals surface area contributed by atoms with Crippen LogP contribution in [0, 0.1) is 5.92 Å². The Balaban J connectivity index is 1.18. The fourth-order valence-corrected chi connectivity index (χ4v) is 7.00. The number of benzene rings is 2. The third-order valence-electron chi connectivity index (χ3n) is 9.30. The Morgan fingerprint density at radius 3 is 2.53 bits per heavy atom. The molecule has 12 nitrogen and oxygen atoms in total. The molecule has 260 valence electrons. The lowest BCUT2D eigenvalue weighted by Crippen LogP contribution is -2.50. The average molecular weight is 737 g/mol. The first-order valence-corrected chi connectivity index (χ1v) is 17.7. The molecule has 1 saturated carbocycles. The second kappa shape index (κ2) is 17.3. The van der Waals surface area contributed by atoms with Crippen molar-refractivity contribution in [2.24, 2.45) is 15.9 Å². The molecule has 1 aliphatic carbocycles. The number of rotatable bonds is 9. The van der Waals surface area contributed by atoms with Crippen molar-refractivity contribution in [1.82, 2.24) is 9.80 Å². The van der Waals surface area contributed by atoms with Crippen molar-refractivity contribution < 1.29 is 33.8 Å². The number of phenolic OH excluding ortho intramolecular Hbond substituents is 1. The molecule has 2 N–H and O–H groups in total. The van der Waals surface area contributed by atoms with E-state index in [0.717, 1.165) is 43.4 Å². The molecular weight excluding hydrogens is 694 g/mol. The molecule has 49 heavy (non-hydrogen) atoms. The van der Waals surface area contributed by atoms with Crippen molar-refractivity contribution in [2.45, 2.75) is 82.9 Å². The van der Waals surface area contributed by atoms with Crippen molar-refractivity contribution in [2.75, 3.05) is 31.6 Å². The van der Waals surface area contributed by atoms with Crippen LogP contribution in [0.1, 0.15) is 63.0 Å². The number of hydrogen-bond acceptors (Lipinski definition) is 8. The summed E-state index contributed by atoms with van der Waals surface area (Å²) in [5.74, 6) is 4.54. The number of fused-ring (bicyclic) bond motifs is 1. The van der Waals surface area contributed by atoms with Crippen LogP contribution in [0.5, 0.6) is 5.75 Å². The Morgan fingerprint density at radius 1 is 1.04 bits per heavy atom. The smallest absolute Gasteiger partial charge is 0.410 e. The number of para-hydroxylation sites is 1. The van der Waals surface area contributed by atoms with Gasteiger partial charge < -0.3 is 29.7 Å². The molecule has 0 radical (unpaired) electrons. The summed E-state index contributed by atoms with van der Waals surface area (Å²) in [6.07, 6.45) is 3.71. The summed E-state index contributed by atoms with van der Waals surface area (Å²) in [4.78, 5) is 63.0. The lowest BCUT2D eigenvalue weighted by molar-refractivity contribution is -0.144. The molecule has 2 fully saturated rings. The highest BCUT2D eigenvalue weighted by atomic mass is 79.9. The van der Waals surface area contributed by atoms with Crippen LogP contribution in [-0.4, -0.2) is 95.1 Å². The Morgan fingerprint density at radius 2 is 1.80 bits per heavy atom. The molecule has 13 heteroatoms. The predicted octanol–water partition coefficient (Wildman–Crippen LogP) is 5.69. The third kappa shape index (κ3) is 10.0.